The SMILES string of the molecule is NCC(c1ccc(F)cc1)C(O)C1C2CCCC21. The van der Waals surface area contributed by atoms with Gasteiger partial charge in [-0.1, -0.05) is 18.6 Å². The molecule has 2 fully saturated rings. The topological polar surface area (TPSA) is 46.2 Å². The predicted molar refractivity (Wildman–Crippen MR) is 68.5 cm³/mol. The van der Waals surface area contributed by atoms with E-state index in [-0.39, 0.29) is 17.8 Å². The molecule has 0 heterocycles. The first-order valence-electron chi connectivity index (χ1n) is 6.86. The van der Waals surface area contributed by atoms with Crippen LogP contribution in [0, 0.1) is 23.6 Å². The van der Waals surface area contributed by atoms with Crippen LogP contribution in [0.25, 0.3) is 0 Å². The Bertz CT molecular complexity index is 409. The van der Waals surface area contributed by atoms with Gasteiger partial charge in [-0.25, -0.2) is 4.39 Å². The summed E-state index contributed by atoms with van der Waals surface area (Å²) in [6.07, 6.45) is 3.46. The number of halogens is 1. The van der Waals surface area contributed by atoms with Crippen LogP contribution >= 0.6 is 0 Å². The predicted octanol–water partition coefficient (Wildman–Crippen LogP) is 2.28. The summed E-state index contributed by atoms with van der Waals surface area (Å²) in [5, 5.41) is 10.5. The van der Waals surface area contributed by atoms with E-state index in [9.17, 15) is 9.50 Å². The van der Waals surface area contributed by atoms with Gasteiger partial charge in [0.25, 0.3) is 0 Å². The summed E-state index contributed by atoms with van der Waals surface area (Å²) in [6.45, 7) is 0.419. The van der Waals surface area contributed by atoms with Crippen molar-refractivity contribution in [2.24, 2.45) is 23.5 Å². The Morgan fingerprint density at radius 3 is 2.39 bits per heavy atom. The molecule has 1 aromatic carbocycles. The average Bonchev–Trinajstić information content (AvgIpc) is 2.86. The fourth-order valence-electron chi connectivity index (χ4n) is 3.83. The molecule has 0 amide bonds. The van der Waals surface area contributed by atoms with Gasteiger partial charge in [-0.15, -0.1) is 0 Å². The van der Waals surface area contributed by atoms with Crippen molar-refractivity contribution in [3.63, 3.8) is 0 Å². The highest BCUT2D eigenvalue weighted by Gasteiger charge is 2.56. The van der Waals surface area contributed by atoms with Gasteiger partial charge in [0.2, 0.25) is 0 Å². The lowest BCUT2D eigenvalue weighted by molar-refractivity contribution is 0.108. The second-order valence-corrected chi connectivity index (χ2v) is 5.72. The van der Waals surface area contributed by atoms with Crippen molar-refractivity contribution in [1.82, 2.24) is 0 Å². The normalized spacial score (nSPS) is 32.9. The molecule has 4 unspecified atom stereocenters. The smallest absolute Gasteiger partial charge is 0.123 e. The van der Waals surface area contributed by atoms with Crippen molar-refractivity contribution in [2.45, 2.75) is 31.3 Å². The molecule has 3 heteroatoms. The molecule has 0 saturated heterocycles. The third kappa shape index (κ3) is 1.95. The molecule has 98 valence electrons. The Kier molecular flexibility index (Phi) is 3.12. The number of hydrogen-bond acceptors (Lipinski definition) is 2. The molecule has 2 nitrogen and oxygen atoms in total. The van der Waals surface area contributed by atoms with Gasteiger partial charge in [0.15, 0.2) is 0 Å². The van der Waals surface area contributed by atoms with Gasteiger partial charge in [0, 0.05) is 12.5 Å². The van der Waals surface area contributed by atoms with Crippen LogP contribution in [0.3, 0.4) is 0 Å². The van der Waals surface area contributed by atoms with Crippen LogP contribution in [0.2, 0.25) is 0 Å². The molecule has 2 aliphatic carbocycles. The molecule has 4 atom stereocenters. The number of aliphatic hydroxyl groups is 1. The zero-order valence-electron chi connectivity index (χ0n) is 10.4. The third-order valence-electron chi connectivity index (χ3n) is 4.83. The molecule has 3 N–H and O–H groups in total. The fraction of sp³-hybridized carbons (Fsp3) is 0.600. The van der Waals surface area contributed by atoms with Crippen LogP contribution in [0.1, 0.15) is 30.7 Å². The van der Waals surface area contributed by atoms with Crippen molar-refractivity contribution < 1.29 is 9.50 Å². The second kappa shape index (κ2) is 4.63. The lowest BCUT2D eigenvalue weighted by Crippen LogP contribution is -2.29. The monoisotopic (exact) mass is 249 g/mol. The molecule has 18 heavy (non-hydrogen) atoms. The fourth-order valence-corrected chi connectivity index (χ4v) is 3.83. The quantitative estimate of drug-likeness (QED) is 0.860. The largest absolute Gasteiger partial charge is 0.392 e. The molecular weight excluding hydrogens is 229 g/mol. The Morgan fingerprint density at radius 1 is 1.22 bits per heavy atom. The lowest BCUT2D eigenvalue weighted by atomic mass is 9.88. The van der Waals surface area contributed by atoms with Crippen LogP contribution in [0.5, 0.6) is 0 Å². The van der Waals surface area contributed by atoms with Crippen LogP contribution < -0.4 is 5.73 Å². The Morgan fingerprint density at radius 2 is 1.83 bits per heavy atom. The zero-order chi connectivity index (χ0) is 12.7. The van der Waals surface area contributed by atoms with E-state index in [0.29, 0.717) is 12.5 Å². The molecule has 0 radical (unpaired) electrons. The van der Waals surface area contributed by atoms with E-state index in [1.165, 1.54) is 31.4 Å². The van der Waals surface area contributed by atoms with E-state index < -0.39 is 0 Å². The van der Waals surface area contributed by atoms with Gasteiger partial charge in [-0.3, -0.25) is 0 Å². The highest BCUT2D eigenvalue weighted by Crippen LogP contribution is 2.60. The summed E-state index contributed by atoms with van der Waals surface area (Å²) in [4.78, 5) is 0. The van der Waals surface area contributed by atoms with Crippen molar-refractivity contribution >= 4 is 0 Å². The Balaban J connectivity index is 1.74. The van der Waals surface area contributed by atoms with Crippen LogP contribution in [0.4, 0.5) is 4.39 Å². The number of benzene rings is 1. The minimum atomic E-state index is -0.365. The number of nitrogens with two attached hydrogens (primary N) is 1. The number of aliphatic hydroxyl groups excluding tert-OH is 1. The summed E-state index contributed by atoms with van der Waals surface area (Å²) in [6, 6.07) is 6.37. The summed E-state index contributed by atoms with van der Waals surface area (Å²) in [5.41, 5.74) is 6.76. The first kappa shape index (κ1) is 12.1. The van der Waals surface area contributed by atoms with E-state index in [1.54, 1.807) is 12.1 Å². The van der Waals surface area contributed by atoms with Gasteiger partial charge in [-0.05, 0) is 48.3 Å². The van der Waals surface area contributed by atoms with E-state index in [1.807, 2.05) is 0 Å². The Hall–Kier alpha value is -0.930. The standard InChI is InChI=1S/C15H20FNO/c16-10-6-4-9(5-7-10)13(8-17)15(18)14-11-2-1-3-12(11)14/h4-7,11-15,18H,1-3,8,17H2. The molecule has 0 spiro atoms. The summed E-state index contributed by atoms with van der Waals surface area (Å²) < 4.78 is 12.9. The lowest BCUT2D eigenvalue weighted by Gasteiger charge is -2.23. The third-order valence-corrected chi connectivity index (χ3v) is 4.83. The molecule has 2 saturated carbocycles. The van der Waals surface area contributed by atoms with Crippen molar-refractivity contribution in [1.29, 1.82) is 0 Å². The summed E-state index contributed by atoms with van der Waals surface area (Å²) in [5.74, 6) is 1.56. The number of fused-ring (bicyclic) bond motifs is 1. The van der Waals surface area contributed by atoms with Crippen molar-refractivity contribution in [3.8, 4) is 0 Å². The van der Waals surface area contributed by atoms with Gasteiger partial charge in [-0.2, -0.15) is 0 Å². The van der Waals surface area contributed by atoms with Gasteiger partial charge >= 0.3 is 0 Å². The van der Waals surface area contributed by atoms with Crippen LogP contribution in [-0.2, 0) is 0 Å². The summed E-state index contributed by atoms with van der Waals surface area (Å²) in [7, 11) is 0. The van der Waals surface area contributed by atoms with Crippen molar-refractivity contribution in [3.05, 3.63) is 35.6 Å². The number of rotatable bonds is 4. The maximum atomic E-state index is 12.9. The minimum Gasteiger partial charge on any atom is -0.392 e. The molecule has 3 rings (SSSR count). The number of hydrogen-bond donors (Lipinski definition) is 2. The van der Waals surface area contributed by atoms with Crippen molar-refractivity contribution in [2.75, 3.05) is 6.54 Å². The maximum Gasteiger partial charge on any atom is 0.123 e. The van der Waals surface area contributed by atoms with Gasteiger partial charge in [0.05, 0.1) is 6.10 Å². The maximum absolute atomic E-state index is 12.9. The molecule has 0 aliphatic heterocycles. The van der Waals surface area contributed by atoms with E-state index in [0.717, 1.165) is 17.4 Å². The highest BCUT2D eigenvalue weighted by atomic mass is 19.1. The molecule has 1 aromatic rings. The molecular formula is C15H20FNO. The molecule has 0 bridgehead atoms. The minimum absolute atomic E-state index is 0.0544. The van der Waals surface area contributed by atoms with Crippen LogP contribution in [-0.4, -0.2) is 17.8 Å². The van der Waals surface area contributed by atoms with E-state index >= 15 is 0 Å². The average molecular weight is 249 g/mol. The zero-order valence-corrected chi connectivity index (χ0v) is 10.4. The first-order chi connectivity index (χ1) is 8.72. The molecule has 2 aliphatic rings. The second-order valence-electron chi connectivity index (χ2n) is 5.72. The Labute approximate surface area is 107 Å². The van der Waals surface area contributed by atoms with Gasteiger partial charge < -0.3 is 10.8 Å². The van der Waals surface area contributed by atoms with E-state index in [2.05, 4.69) is 0 Å². The molecule has 0 aromatic heterocycles. The van der Waals surface area contributed by atoms with E-state index in [4.69, 9.17) is 5.73 Å². The van der Waals surface area contributed by atoms with Gasteiger partial charge in [0.1, 0.15) is 5.82 Å². The summed E-state index contributed by atoms with van der Waals surface area (Å²) >= 11 is 0. The highest BCUT2D eigenvalue weighted by molar-refractivity contribution is 5.24. The first-order valence-corrected chi connectivity index (χ1v) is 6.86. The van der Waals surface area contributed by atoms with Crippen LogP contribution in [0.15, 0.2) is 24.3 Å².